The third-order valence-corrected chi connectivity index (χ3v) is 4.10. The van der Waals surface area contributed by atoms with Gasteiger partial charge in [0.05, 0.1) is 24.0 Å². The second-order valence-electron chi connectivity index (χ2n) is 5.48. The summed E-state index contributed by atoms with van der Waals surface area (Å²) in [6.07, 6.45) is 7.98. The third kappa shape index (κ3) is 3.65. The van der Waals surface area contributed by atoms with Crippen LogP contribution in [0.4, 0.5) is 11.4 Å². The number of hydrogen-bond acceptors (Lipinski definition) is 4. The van der Waals surface area contributed by atoms with Gasteiger partial charge in [0.2, 0.25) is 0 Å². The molecule has 0 heterocycles. The van der Waals surface area contributed by atoms with Crippen LogP contribution >= 0.6 is 0 Å². The van der Waals surface area contributed by atoms with Crippen LogP contribution < -0.4 is 11.1 Å². The third-order valence-electron chi connectivity index (χ3n) is 4.10. The van der Waals surface area contributed by atoms with Crippen molar-refractivity contribution in [1.82, 2.24) is 0 Å². The minimum absolute atomic E-state index is 0.390. The first-order chi connectivity index (χ1) is 9.72. The van der Waals surface area contributed by atoms with Crippen molar-refractivity contribution in [2.24, 2.45) is 5.92 Å². The van der Waals surface area contributed by atoms with Crippen molar-refractivity contribution in [3.63, 3.8) is 0 Å². The molecular weight excluding hydrogens is 252 g/mol. The number of methoxy groups -OCH3 is 1. The van der Waals surface area contributed by atoms with Gasteiger partial charge in [-0.25, -0.2) is 4.79 Å². The minimum Gasteiger partial charge on any atom is -0.465 e. The maximum atomic E-state index is 11.6. The van der Waals surface area contributed by atoms with Crippen LogP contribution in [-0.4, -0.2) is 19.6 Å². The van der Waals surface area contributed by atoms with E-state index in [-0.39, 0.29) is 0 Å². The minimum atomic E-state index is -0.390. The van der Waals surface area contributed by atoms with E-state index in [0.29, 0.717) is 11.3 Å². The molecule has 0 atom stereocenters. The van der Waals surface area contributed by atoms with E-state index in [0.717, 1.165) is 18.2 Å². The summed E-state index contributed by atoms with van der Waals surface area (Å²) in [5.74, 6) is 0.444. The van der Waals surface area contributed by atoms with Gasteiger partial charge in [-0.3, -0.25) is 0 Å². The number of nitrogen functional groups attached to an aromatic ring is 1. The molecule has 20 heavy (non-hydrogen) atoms. The van der Waals surface area contributed by atoms with E-state index in [1.54, 1.807) is 6.07 Å². The zero-order chi connectivity index (χ0) is 14.4. The summed E-state index contributed by atoms with van der Waals surface area (Å²) in [7, 11) is 1.37. The van der Waals surface area contributed by atoms with Crippen LogP contribution in [0.15, 0.2) is 18.2 Å². The van der Waals surface area contributed by atoms with Gasteiger partial charge in [0, 0.05) is 6.54 Å². The van der Waals surface area contributed by atoms with Crippen molar-refractivity contribution >= 4 is 17.3 Å². The number of carbonyl (C=O) groups excluding carboxylic acids is 1. The van der Waals surface area contributed by atoms with E-state index < -0.39 is 5.97 Å². The Morgan fingerprint density at radius 1 is 1.35 bits per heavy atom. The Bertz CT molecular complexity index is 454. The summed E-state index contributed by atoms with van der Waals surface area (Å²) >= 11 is 0. The van der Waals surface area contributed by atoms with Gasteiger partial charge < -0.3 is 15.8 Å². The number of para-hydroxylation sites is 1. The van der Waals surface area contributed by atoms with Crippen LogP contribution in [0.2, 0.25) is 0 Å². The van der Waals surface area contributed by atoms with E-state index >= 15 is 0 Å². The van der Waals surface area contributed by atoms with E-state index in [4.69, 9.17) is 10.5 Å². The second-order valence-corrected chi connectivity index (χ2v) is 5.48. The molecule has 1 aliphatic rings. The molecule has 0 spiro atoms. The summed E-state index contributed by atoms with van der Waals surface area (Å²) in [5.41, 5.74) is 7.74. The molecule has 0 radical (unpaired) electrons. The Kier molecular flexibility index (Phi) is 5.27. The fourth-order valence-electron chi connectivity index (χ4n) is 2.89. The van der Waals surface area contributed by atoms with Gasteiger partial charge in [0.25, 0.3) is 0 Å². The van der Waals surface area contributed by atoms with Gasteiger partial charge in [-0.1, -0.05) is 38.2 Å². The van der Waals surface area contributed by atoms with Crippen molar-refractivity contribution < 1.29 is 9.53 Å². The van der Waals surface area contributed by atoms with Crippen molar-refractivity contribution in [2.45, 2.75) is 38.5 Å². The molecule has 4 heteroatoms. The number of carbonyl (C=O) groups is 1. The number of anilines is 2. The van der Waals surface area contributed by atoms with Crippen LogP contribution in [0.3, 0.4) is 0 Å². The molecule has 0 aliphatic heterocycles. The lowest BCUT2D eigenvalue weighted by molar-refractivity contribution is 0.0602. The largest absolute Gasteiger partial charge is 0.465 e. The van der Waals surface area contributed by atoms with Crippen molar-refractivity contribution in [3.05, 3.63) is 23.8 Å². The number of benzene rings is 1. The average Bonchev–Trinajstić information content (AvgIpc) is 2.49. The molecule has 0 aromatic heterocycles. The van der Waals surface area contributed by atoms with Gasteiger partial charge in [-0.2, -0.15) is 0 Å². The molecule has 1 aromatic rings. The highest BCUT2D eigenvalue weighted by Gasteiger charge is 2.14. The van der Waals surface area contributed by atoms with Crippen LogP contribution in [-0.2, 0) is 4.74 Å². The molecule has 110 valence electrons. The topological polar surface area (TPSA) is 64.3 Å². The molecule has 0 bridgehead atoms. The van der Waals surface area contributed by atoms with Gasteiger partial charge in [0.15, 0.2) is 0 Å². The SMILES string of the molecule is COC(=O)c1cccc(NCCC2CCCCC2)c1N. The van der Waals surface area contributed by atoms with Gasteiger partial charge in [-0.15, -0.1) is 0 Å². The number of rotatable bonds is 5. The van der Waals surface area contributed by atoms with Crippen LogP contribution in [0.1, 0.15) is 48.9 Å². The Morgan fingerprint density at radius 2 is 2.10 bits per heavy atom. The first-order valence-corrected chi connectivity index (χ1v) is 7.43. The number of esters is 1. The lowest BCUT2D eigenvalue weighted by Gasteiger charge is -2.22. The zero-order valence-corrected chi connectivity index (χ0v) is 12.2. The maximum Gasteiger partial charge on any atom is 0.340 e. The summed E-state index contributed by atoms with van der Waals surface area (Å²) in [6.45, 7) is 0.902. The van der Waals surface area contributed by atoms with Crippen molar-refractivity contribution in [2.75, 3.05) is 24.7 Å². The van der Waals surface area contributed by atoms with E-state index in [9.17, 15) is 4.79 Å². The lowest BCUT2D eigenvalue weighted by atomic mass is 9.87. The van der Waals surface area contributed by atoms with Gasteiger partial charge in [0.1, 0.15) is 0 Å². The lowest BCUT2D eigenvalue weighted by Crippen LogP contribution is -2.14. The van der Waals surface area contributed by atoms with E-state index in [1.807, 2.05) is 12.1 Å². The normalized spacial score (nSPS) is 15.8. The Morgan fingerprint density at radius 3 is 2.80 bits per heavy atom. The van der Waals surface area contributed by atoms with Crippen LogP contribution in [0.5, 0.6) is 0 Å². The monoisotopic (exact) mass is 276 g/mol. The summed E-state index contributed by atoms with van der Waals surface area (Å²) in [4.78, 5) is 11.6. The smallest absolute Gasteiger partial charge is 0.340 e. The highest BCUT2D eigenvalue weighted by molar-refractivity contribution is 5.98. The molecule has 1 fully saturated rings. The molecule has 1 saturated carbocycles. The van der Waals surface area contributed by atoms with Crippen LogP contribution in [0, 0.1) is 5.92 Å². The number of ether oxygens (including phenoxy) is 1. The second kappa shape index (κ2) is 7.17. The van der Waals surface area contributed by atoms with Gasteiger partial charge >= 0.3 is 5.97 Å². The molecule has 0 unspecified atom stereocenters. The van der Waals surface area contributed by atoms with Gasteiger partial charge in [-0.05, 0) is 24.5 Å². The molecule has 4 nitrogen and oxygen atoms in total. The average molecular weight is 276 g/mol. The Hall–Kier alpha value is -1.71. The predicted molar refractivity (Wildman–Crippen MR) is 81.9 cm³/mol. The summed E-state index contributed by atoms with van der Waals surface area (Å²) in [5, 5.41) is 3.35. The maximum absolute atomic E-state index is 11.6. The van der Waals surface area contributed by atoms with Crippen molar-refractivity contribution in [1.29, 1.82) is 0 Å². The Labute approximate surface area is 120 Å². The highest BCUT2D eigenvalue weighted by Crippen LogP contribution is 2.27. The number of nitrogens with two attached hydrogens (primary N) is 1. The number of nitrogens with one attached hydrogen (secondary N) is 1. The highest BCUT2D eigenvalue weighted by atomic mass is 16.5. The fourth-order valence-corrected chi connectivity index (χ4v) is 2.89. The first kappa shape index (κ1) is 14.7. The summed E-state index contributed by atoms with van der Waals surface area (Å²) < 4.78 is 4.73. The zero-order valence-electron chi connectivity index (χ0n) is 12.2. The molecule has 1 aliphatic carbocycles. The molecule has 0 saturated heterocycles. The Balaban J connectivity index is 1.90. The number of hydrogen-bond donors (Lipinski definition) is 2. The fraction of sp³-hybridized carbons (Fsp3) is 0.562. The van der Waals surface area contributed by atoms with Crippen molar-refractivity contribution in [3.8, 4) is 0 Å². The standard InChI is InChI=1S/C16H24N2O2/c1-20-16(19)13-8-5-9-14(15(13)17)18-11-10-12-6-3-2-4-7-12/h5,8-9,12,18H,2-4,6-7,10-11,17H2,1H3. The first-order valence-electron chi connectivity index (χ1n) is 7.43. The quantitative estimate of drug-likeness (QED) is 0.638. The predicted octanol–water partition coefficient (Wildman–Crippen LogP) is 3.44. The molecule has 0 amide bonds. The van der Waals surface area contributed by atoms with E-state index in [2.05, 4.69) is 5.32 Å². The molecule has 1 aromatic carbocycles. The summed E-state index contributed by atoms with van der Waals surface area (Å²) in [6, 6.07) is 5.42. The molecule has 2 rings (SSSR count). The van der Waals surface area contributed by atoms with E-state index in [1.165, 1.54) is 45.6 Å². The molecule has 3 N–H and O–H groups in total. The molecular formula is C16H24N2O2. The van der Waals surface area contributed by atoms with Crippen LogP contribution in [0.25, 0.3) is 0 Å².